The molecule has 0 N–H and O–H groups in total. The number of likely N-dealkylation sites (tertiary alicyclic amines) is 1. The number of piperidine rings is 1. The van der Waals surface area contributed by atoms with Crippen molar-refractivity contribution in [2.24, 2.45) is 11.8 Å². The monoisotopic (exact) mass is 357 g/mol. The Morgan fingerprint density at radius 1 is 1.19 bits per heavy atom. The summed E-state index contributed by atoms with van der Waals surface area (Å²) >= 11 is 0. The molecule has 2 fully saturated rings. The Morgan fingerprint density at radius 3 is 2.54 bits per heavy atom. The number of anilines is 1. The zero-order valence-electron chi connectivity index (χ0n) is 16.3. The van der Waals surface area contributed by atoms with E-state index in [0.717, 1.165) is 49.6 Å². The molecular weight excluding hydrogens is 326 g/mol. The highest BCUT2D eigenvalue weighted by molar-refractivity contribution is 6.00. The maximum absolute atomic E-state index is 12.9. The standard InChI is InChI=1S/C21H31N3O2/c1-16-6-4-5-7-19(16)24-15-18(14-20(24)25)21(26)23-12-9-17(10-13-23)8-11-22(2)3/h4-7,17-18H,8-15H2,1-3H3. The number of nitrogens with zero attached hydrogens (tertiary/aromatic N) is 3. The smallest absolute Gasteiger partial charge is 0.228 e. The van der Waals surface area contributed by atoms with E-state index in [1.807, 2.05) is 36.1 Å². The third-order valence-corrected chi connectivity index (χ3v) is 5.79. The van der Waals surface area contributed by atoms with Crippen molar-refractivity contribution in [1.82, 2.24) is 9.80 Å². The van der Waals surface area contributed by atoms with Gasteiger partial charge in [-0.25, -0.2) is 0 Å². The first-order valence-corrected chi connectivity index (χ1v) is 9.75. The summed E-state index contributed by atoms with van der Waals surface area (Å²) in [5.41, 5.74) is 2.02. The third-order valence-electron chi connectivity index (χ3n) is 5.79. The Hall–Kier alpha value is -1.88. The Kier molecular flexibility index (Phi) is 5.97. The van der Waals surface area contributed by atoms with Crippen LogP contribution in [0.15, 0.2) is 24.3 Å². The van der Waals surface area contributed by atoms with E-state index in [4.69, 9.17) is 0 Å². The molecule has 0 aliphatic carbocycles. The molecule has 1 unspecified atom stereocenters. The lowest BCUT2D eigenvalue weighted by Crippen LogP contribution is -2.42. The molecule has 2 saturated heterocycles. The molecule has 26 heavy (non-hydrogen) atoms. The van der Waals surface area contributed by atoms with E-state index >= 15 is 0 Å². The molecule has 5 nitrogen and oxygen atoms in total. The maximum atomic E-state index is 12.9. The Morgan fingerprint density at radius 2 is 1.88 bits per heavy atom. The highest BCUT2D eigenvalue weighted by Crippen LogP contribution is 2.30. The summed E-state index contributed by atoms with van der Waals surface area (Å²) in [7, 11) is 4.21. The molecule has 0 saturated carbocycles. The van der Waals surface area contributed by atoms with Crippen LogP contribution in [-0.4, -0.2) is 61.9 Å². The molecule has 5 heteroatoms. The van der Waals surface area contributed by atoms with Gasteiger partial charge in [0, 0.05) is 31.7 Å². The van der Waals surface area contributed by atoms with Crippen LogP contribution in [0.3, 0.4) is 0 Å². The molecule has 0 radical (unpaired) electrons. The first-order chi connectivity index (χ1) is 12.5. The average molecular weight is 357 g/mol. The molecule has 2 heterocycles. The van der Waals surface area contributed by atoms with Gasteiger partial charge in [-0.2, -0.15) is 0 Å². The Balaban J connectivity index is 1.55. The van der Waals surface area contributed by atoms with Gasteiger partial charge >= 0.3 is 0 Å². The van der Waals surface area contributed by atoms with Crippen LogP contribution < -0.4 is 4.90 Å². The van der Waals surface area contributed by atoms with Crippen molar-refractivity contribution >= 4 is 17.5 Å². The lowest BCUT2D eigenvalue weighted by atomic mass is 9.92. The van der Waals surface area contributed by atoms with E-state index in [9.17, 15) is 9.59 Å². The van der Waals surface area contributed by atoms with Crippen molar-refractivity contribution in [3.05, 3.63) is 29.8 Å². The second-order valence-electron chi connectivity index (χ2n) is 8.05. The predicted molar refractivity (Wildman–Crippen MR) is 104 cm³/mol. The van der Waals surface area contributed by atoms with Crippen LogP contribution >= 0.6 is 0 Å². The highest BCUT2D eigenvalue weighted by Gasteiger charge is 2.38. The number of carbonyl (C=O) groups is 2. The number of rotatable bonds is 5. The molecule has 1 atom stereocenters. The van der Waals surface area contributed by atoms with Gasteiger partial charge in [0.15, 0.2) is 0 Å². The number of carbonyl (C=O) groups excluding carboxylic acids is 2. The summed E-state index contributed by atoms with van der Waals surface area (Å²) in [5, 5.41) is 0. The second kappa shape index (κ2) is 8.21. The molecular formula is C21H31N3O2. The SMILES string of the molecule is Cc1ccccc1N1CC(C(=O)N2CCC(CCN(C)C)CC2)CC1=O. The molecule has 0 bridgehead atoms. The van der Waals surface area contributed by atoms with Crippen molar-refractivity contribution in [2.45, 2.75) is 32.6 Å². The fourth-order valence-electron chi connectivity index (χ4n) is 4.11. The van der Waals surface area contributed by atoms with Gasteiger partial charge in [0.05, 0.1) is 5.92 Å². The van der Waals surface area contributed by atoms with Crippen LogP contribution in [-0.2, 0) is 9.59 Å². The minimum absolute atomic E-state index is 0.0681. The number of hydrogen-bond acceptors (Lipinski definition) is 3. The van der Waals surface area contributed by atoms with Gasteiger partial charge in [0.25, 0.3) is 0 Å². The van der Waals surface area contributed by atoms with Crippen LogP contribution in [0.1, 0.15) is 31.2 Å². The van der Waals surface area contributed by atoms with E-state index in [2.05, 4.69) is 19.0 Å². The van der Waals surface area contributed by atoms with E-state index < -0.39 is 0 Å². The van der Waals surface area contributed by atoms with Gasteiger partial charge in [-0.05, 0) is 64.4 Å². The summed E-state index contributed by atoms with van der Waals surface area (Å²) in [6, 6.07) is 7.90. The summed E-state index contributed by atoms with van der Waals surface area (Å²) in [6.45, 7) is 5.32. The second-order valence-corrected chi connectivity index (χ2v) is 8.05. The zero-order chi connectivity index (χ0) is 18.7. The van der Waals surface area contributed by atoms with E-state index in [1.54, 1.807) is 4.90 Å². The molecule has 3 rings (SSSR count). The molecule has 2 aliphatic rings. The number of para-hydroxylation sites is 1. The van der Waals surface area contributed by atoms with Gasteiger partial charge in [-0.15, -0.1) is 0 Å². The number of benzene rings is 1. The molecule has 1 aromatic rings. The quantitative estimate of drug-likeness (QED) is 0.813. The number of amides is 2. The number of hydrogen-bond donors (Lipinski definition) is 0. The van der Waals surface area contributed by atoms with Gasteiger partial charge in [0.2, 0.25) is 11.8 Å². The van der Waals surface area contributed by atoms with E-state index in [0.29, 0.717) is 13.0 Å². The minimum atomic E-state index is -0.194. The Labute approximate surface area is 156 Å². The first-order valence-electron chi connectivity index (χ1n) is 9.75. The number of aryl methyl sites for hydroxylation is 1. The van der Waals surface area contributed by atoms with Gasteiger partial charge in [0.1, 0.15) is 0 Å². The highest BCUT2D eigenvalue weighted by atomic mass is 16.2. The lowest BCUT2D eigenvalue weighted by molar-refractivity contribution is -0.137. The van der Waals surface area contributed by atoms with Crippen molar-refractivity contribution in [3.63, 3.8) is 0 Å². The third kappa shape index (κ3) is 4.26. The van der Waals surface area contributed by atoms with Crippen LogP contribution in [0, 0.1) is 18.8 Å². The Bertz CT molecular complexity index is 650. The topological polar surface area (TPSA) is 43.9 Å². The van der Waals surface area contributed by atoms with Crippen molar-refractivity contribution in [3.8, 4) is 0 Å². The van der Waals surface area contributed by atoms with Crippen molar-refractivity contribution < 1.29 is 9.59 Å². The molecule has 0 aromatic heterocycles. The van der Waals surface area contributed by atoms with E-state index in [1.165, 1.54) is 6.42 Å². The lowest BCUT2D eigenvalue weighted by Gasteiger charge is -2.34. The average Bonchev–Trinajstić information content (AvgIpc) is 3.02. The largest absolute Gasteiger partial charge is 0.342 e. The van der Waals surface area contributed by atoms with Crippen LogP contribution in [0.5, 0.6) is 0 Å². The van der Waals surface area contributed by atoms with Crippen LogP contribution in [0.25, 0.3) is 0 Å². The van der Waals surface area contributed by atoms with Crippen molar-refractivity contribution in [1.29, 1.82) is 0 Å². The maximum Gasteiger partial charge on any atom is 0.228 e. The fraction of sp³-hybridized carbons (Fsp3) is 0.619. The normalized spacial score (nSPS) is 21.7. The summed E-state index contributed by atoms with van der Waals surface area (Å²) < 4.78 is 0. The fourth-order valence-corrected chi connectivity index (χ4v) is 4.11. The zero-order valence-corrected chi connectivity index (χ0v) is 16.3. The molecule has 0 spiro atoms. The molecule has 1 aromatic carbocycles. The molecule has 2 amide bonds. The summed E-state index contributed by atoms with van der Waals surface area (Å²) in [6.07, 6.45) is 3.72. The molecule has 2 aliphatic heterocycles. The molecule has 142 valence electrons. The predicted octanol–water partition coefficient (Wildman–Crippen LogP) is 2.54. The first kappa shape index (κ1) is 18.9. The van der Waals surface area contributed by atoms with Crippen LogP contribution in [0.4, 0.5) is 5.69 Å². The van der Waals surface area contributed by atoms with Gasteiger partial charge < -0.3 is 14.7 Å². The minimum Gasteiger partial charge on any atom is -0.342 e. The summed E-state index contributed by atoms with van der Waals surface area (Å²) in [4.78, 5) is 31.4. The van der Waals surface area contributed by atoms with Crippen LogP contribution in [0.2, 0.25) is 0 Å². The van der Waals surface area contributed by atoms with E-state index in [-0.39, 0.29) is 17.7 Å². The van der Waals surface area contributed by atoms with Gasteiger partial charge in [-0.1, -0.05) is 18.2 Å². The van der Waals surface area contributed by atoms with Crippen molar-refractivity contribution in [2.75, 3.05) is 45.2 Å². The summed E-state index contributed by atoms with van der Waals surface area (Å²) in [5.74, 6) is 0.759. The van der Waals surface area contributed by atoms with Gasteiger partial charge in [-0.3, -0.25) is 9.59 Å².